The fourth-order valence-electron chi connectivity index (χ4n) is 2.16. The minimum atomic E-state index is 0.0942. The van der Waals surface area contributed by atoms with Gasteiger partial charge in [-0.05, 0) is 24.8 Å². The third kappa shape index (κ3) is 3.40. The van der Waals surface area contributed by atoms with Crippen LogP contribution in [0.4, 0.5) is 0 Å². The molecule has 0 atom stereocenters. The van der Waals surface area contributed by atoms with E-state index in [1.54, 1.807) is 0 Å². The van der Waals surface area contributed by atoms with Gasteiger partial charge in [0, 0.05) is 12.2 Å². The maximum absolute atomic E-state index is 11.9. The van der Waals surface area contributed by atoms with Gasteiger partial charge in [0.25, 0.3) is 0 Å². The van der Waals surface area contributed by atoms with Crippen LogP contribution in [0.1, 0.15) is 41.6 Å². The number of ketones is 1. The van der Waals surface area contributed by atoms with Crippen LogP contribution in [0.15, 0.2) is 24.3 Å². The van der Waals surface area contributed by atoms with E-state index in [0.717, 1.165) is 30.1 Å². The van der Waals surface area contributed by atoms with Gasteiger partial charge in [-0.25, -0.2) is 0 Å². The number of hydrogen-bond acceptors (Lipinski definition) is 2. The molecule has 0 radical (unpaired) electrons. The molecule has 1 aliphatic rings. The van der Waals surface area contributed by atoms with Gasteiger partial charge in [-0.15, -0.1) is 0 Å². The van der Waals surface area contributed by atoms with Gasteiger partial charge in [0.05, 0.1) is 0 Å². The lowest BCUT2D eigenvalue weighted by Gasteiger charge is -2.24. The molecule has 0 unspecified atom stereocenters. The zero-order chi connectivity index (χ0) is 12.1. The monoisotopic (exact) mass is 232 g/mol. The third-order valence-corrected chi connectivity index (χ3v) is 3.57. The van der Waals surface area contributed by atoms with Crippen molar-refractivity contribution < 1.29 is 9.53 Å². The molecule has 1 saturated carbocycles. The van der Waals surface area contributed by atoms with Crippen molar-refractivity contribution in [3.05, 3.63) is 35.4 Å². The van der Waals surface area contributed by atoms with E-state index < -0.39 is 0 Å². The molecule has 0 spiro atoms. The van der Waals surface area contributed by atoms with Crippen molar-refractivity contribution in [3.63, 3.8) is 0 Å². The van der Waals surface area contributed by atoms with Crippen molar-refractivity contribution in [1.29, 1.82) is 0 Å². The molecule has 1 aromatic carbocycles. The van der Waals surface area contributed by atoms with Crippen molar-refractivity contribution in [1.82, 2.24) is 0 Å². The molecule has 1 aromatic rings. The van der Waals surface area contributed by atoms with Crippen molar-refractivity contribution >= 4 is 5.78 Å². The summed E-state index contributed by atoms with van der Waals surface area (Å²) in [6.07, 6.45) is 5.16. The van der Waals surface area contributed by atoms with E-state index in [1.165, 1.54) is 19.3 Å². The number of carbonyl (C=O) groups excluding carboxylic acids is 1. The molecule has 0 heterocycles. The molecule has 2 nitrogen and oxygen atoms in total. The predicted octanol–water partition coefficient (Wildman–Crippen LogP) is 3.38. The Balaban J connectivity index is 1.71. The van der Waals surface area contributed by atoms with Crippen molar-refractivity contribution in [2.45, 2.75) is 32.6 Å². The first-order valence-electron chi connectivity index (χ1n) is 6.44. The molecule has 0 bridgehead atoms. The fraction of sp³-hybridized carbons (Fsp3) is 0.533. The Bertz CT molecular complexity index is 380. The minimum absolute atomic E-state index is 0.0942. The lowest BCUT2D eigenvalue weighted by atomic mass is 9.83. The van der Waals surface area contributed by atoms with E-state index >= 15 is 0 Å². The van der Waals surface area contributed by atoms with E-state index in [-0.39, 0.29) is 12.4 Å². The van der Waals surface area contributed by atoms with Crippen LogP contribution >= 0.6 is 0 Å². The van der Waals surface area contributed by atoms with Gasteiger partial charge in [0.15, 0.2) is 5.78 Å². The Labute approximate surface area is 103 Å². The number of benzene rings is 1. The molecule has 0 aromatic heterocycles. The topological polar surface area (TPSA) is 26.3 Å². The molecule has 2 heteroatoms. The number of carbonyl (C=O) groups is 1. The van der Waals surface area contributed by atoms with Crippen LogP contribution < -0.4 is 0 Å². The second-order valence-electron chi connectivity index (χ2n) is 4.88. The Kier molecular flexibility index (Phi) is 4.32. The summed E-state index contributed by atoms with van der Waals surface area (Å²) in [5.41, 5.74) is 1.82. The largest absolute Gasteiger partial charge is 0.373 e. The summed E-state index contributed by atoms with van der Waals surface area (Å²) in [6, 6.07) is 7.67. The smallest absolute Gasteiger partial charge is 0.188 e. The zero-order valence-electron chi connectivity index (χ0n) is 10.4. The summed E-state index contributed by atoms with van der Waals surface area (Å²) in [6.45, 7) is 2.90. The highest BCUT2D eigenvalue weighted by atomic mass is 16.5. The molecular weight excluding hydrogens is 212 g/mol. The zero-order valence-corrected chi connectivity index (χ0v) is 10.4. The van der Waals surface area contributed by atoms with E-state index in [1.807, 2.05) is 31.2 Å². The average Bonchev–Trinajstić information content (AvgIpc) is 2.26. The highest BCUT2D eigenvalue weighted by Gasteiger charge is 2.17. The van der Waals surface area contributed by atoms with Crippen molar-refractivity contribution in [2.24, 2.45) is 5.92 Å². The van der Waals surface area contributed by atoms with E-state index in [9.17, 15) is 4.79 Å². The molecule has 17 heavy (non-hydrogen) atoms. The SMILES string of the molecule is Cc1ccccc1C(=O)COCCC1CCC1. The highest BCUT2D eigenvalue weighted by molar-refractivity contribution is 5.98. The van der Waals surface area contributed by atoms with Crippen LogP contribution in [-0.2, 0) is 4.74 Å². The predicted molar refractivity (Wildman–Crippen MR) is 68.3 cm³/mol. The summed E-state index contributed by atoms with van der Waals surface area (Å²) < 4.78 is 5.46. The fourth-order valence-corrected chi connectivity index (χ4v) is 2.16. The molecule has 1 aliphatic carbocycles. The first-order valence-corrected chi connectivity index (χ1v) is 6.44. The van der Waals surface area contributed by atoms with Crippen LogP contribution in [0.3, 0.4) is 0 Å². The Morgan fingerprint density at radius 2 is 2.12 bits per heavy atom. The molecule has 0 aliphatic heterocycles. The standard InChI is InChI=1S/C15H20O2/c1-12-5-2-3-8-14(12)15(16)11-17-10-9-13-6-4-7-13/h2-3,5,8,13H,4,6-7,9-11H2,1H3. The summed E-state index contributed by atoms with van der Waals surface area (Å²) in [7, 11) is 0. The highest BCUT2D eigenvalue weighted by Crippen LogP contribution is 2.29. The second-order valence-corrected chi connectivity index (χ2v) is 4.88. The minimum Gasteiger partial charge on any atom is -0.373 e. The Hall–Kier alpha value is -1.15. The Morgan fingerprint density at radius 3 is 2.76 bits per heavy atom. The molecule has 0 N–H and O–H groups in total. The molecule has 1 fully saturated rings. The van der Waals surface area contributed by atoms with Gasteiger partial charge in [0.1, 0.15) is 6.61 Å². The van der Waals surface area contributed by atoms with Crippen LogP contribution in [0.2, 0.25) is 0 Å². The molecule has 92 valence electrons. The van der Waals surface area contributed by atoms with Gasteiger partial charge in [-0.3, -0.25) is 4.79 Å². The Morgan fingerprint density at radius 1 is 1.35 bits per heavy atom. The van der Waals surface area contributed by atoms with Gasteiger partial charge in [-0.2, -0.15) is 0 Å². The quantitative estimate of drug-likeness (QED) is 0.555. The van der Waals surface area contributed by atoms with Crippen LogP contribution in [0.25, 0.3) is 0 Å². The van der Waals surface area contributed by atoms with Gasteiger partial charge in [0.2, 0.25) is 0 Å². The van der Waals surface area contributed by atoms with E-state index in [2.05, 4.69) is 0 Å². The lowest BCUT2D eigenvalue weighted by Crippen LogP contribution is -2.16. The number of rotatable bonds is 6. The van der Waals surface area contributed by atoms with E-state index in [0.29, 0.717) is 0 Å². The summed E-state index contributed by atoms with van der Waals surface area (Å²) in [5, 5.41) is 0. The second kappa shape index (κ2) is 5.97. The molecule has 0 saturated heterocycles. The molecular formula is C15H20O2. The first kappa shape index (κ1) is 12.3. The van der Waals surface area contributed by atoms with Crippen LogP contribution in [0, 0.1) is 12.8 Å². The lowest BCUT2D eigenvalue weighted by molar-refractivity contribution is 0.0704. The third-order valence-electron chi connectivity index (χ3n) is 3.57. The number of Topliss-reactive ketones (excluding diaryl/α,β-unsaturated/α-hetero) is 1. The summed E-state index contributed by atoms with van der Waals surface area (Å²) in [4.78, 5) is 11.9. The van der Waals surface area contributed by atoms with Crippen LogP contribution in [-0.4, -0.2) is 19.0 Å². The molecule has 2 rings (SSSR count). The number of ether oxygens (including phenoxy) is 1. The summed E-state index contributed by atoms with van der Waals surface area (Å²) >= 11 is 0. The van der Waals surface area contributed by atoms with Gasteiger partial charge >= 0.3 is 0 Å². The maximum Gasteiger partial charge on any atom is 0.188 e. The number of hydrogen-bond donors (Lipinski definition) is 0. The van der Waals surface area contributed by atoms with E-state index in [4.69, 9.17) is 4.74 Å². The van der Waals surface area contributed by atoms with Gasteiger partial charge < -0.3 is 4.74 Å². The van der Waals surface area contributed by atoms with Gasteiger partial charge in [-0.1, -0.05) is 43.5 Å². The molecule has 0 amide bonds. The number of aryl methyl sites for hydroxylation is 1. The maximum atomic E-state index is 11.9. The normalized spacial score (nSPS) is 15.6. The average molecular weight is 232 g/mol. The van der Waals surface area contributed by atoms with Crippen LogP contribution in [0.5, 0.6) is 0 Å². The summed E-state index contributed by atoms with van der Waals surface area (Å²) in [5.74, 6) is 0.945. The van der Waals surface area contributed by atoms with Crippen molar-refractivity contribution in [3.8, 4) is 0 Å². The first-order chi connectivity index (χ1) is 8.27. The van der Waals surface area contributed by atoms with Crippen molar-refractivity contribution in [2.75, 3.05) is 13.2 Å².